The third kappa shape index (κ3) is 4.39. The number of aliphatic hydroxyl groups excluding tert-OH is 1. The van der Waals surface area contributed by atoms with Gasteiger partial charge in [0.05, 0.1) is 5.70 Å². The van der Waals surface area contributed by atoms with Crippen molar-refractivity contribution in [3.8, 4) is 0 Å². The number of hydrogen-bond acceptors (Lipinski definition) is 6. The lowest BCUT2D eigenvalue weighted by Gasteiger charge is -2.42. The number of likely N-dealkylation sites (N-methyl/N-ethyl adjacent to an activating group) is 1. The van der Waals surface area contributed by atoms with Crippen LogP contribution >= 0.6 is 11.6 Å². The molecule has 0 bridgehead atoms. The van der Waals surface area contributed by atoms with Crippen LogP contribution in [0, 0.1) is 0 Å². The summed E-state index contributed by atoms with van der Waals surface area (Å²) in [6.45, 7) is 3.94. The van der Waals surface area contributed by atoms with E-state index in [4.69, 9.17) is 11.6 Å². The highest BCUT2D eigenvalue weighted by molar-refractivity contribution is 6.17. The van der Waals surface area contributed by atoms with E-state index in [1.807, 2.05) is 60.7 Å². The molecule has 0 aliphatic rings. The summed E-state index contributed by atoms with van der Waals surface area (Å²) in [6.07, 6.45) is 0.204. The van der Waals surface area contributed by atoms with Gasteiger partial charge in [0.1, 0.15) is 5.54 Å². The number of nitrogens with one attached hydrogen (secondary N) is 1. The van der Waals surface area contributed by atoms with E-state index < -0.39 is 11.6 Å². The van der Waals surface area contributed by atoms with Crippen molar-refractivity contribution in [1.29, 1.82) is 0 Å². The molecule has 156 valence electrons. The van der Waals surface area contributed by atoms with Gasteiger partial charge in [-0.1, -0.05) is 77.7 Å². The van der Waals surface area contributed by atoms with Crippen LogP contribution in [0.3, 0.4) is 0 Å². The number of benzene rings is 2. The Bertz CT molecular complexity index is 909. The van der Waals surface area contributed by atoms with Gasteiger partial charge >= 0.3 is 0 Å². The number of allylic oxidation sites excluding steroid dienone is 1. The second-order valence-corrected chi connectivity index (χ2v) is 7.12. The summed E-state index contributed by atoms with van der Waals surface area (Å²) in [6, 6.07) is 19.1. The van der Waals surface area contributed by atoms with Crippen LogP contribution in [-0.2, 0) is 5.54 Å². The first-order chi connectivity index (χ1) is 14.6. The molecule has 3 aromatic rings. The van der Waals surface area contributed by atoms with E-state index >= 15 is 0 Å². The van der Waals surface area contributed by atoms with Gasteiger partial charge in [-0.25, -0.2) is 0 Å². The molecule has 9 heteroatoms. The van der Waals surface area contributed by atoms with Crippen molar-refractivity contribution in [2.24, 2.45) is 10.3 Å². The molecule has 2 N–H and O–H groups in total. The molecule has 1 aromatic heterocycles. The van der Waals surface area contributed by atoms with Crippen LogP contribution in [0.15, 0.2) is 83.3 Å². The molecule has 0 saturated heterocycles. The summed E-state index contributed by atoms with van der Waals surface area (Å²) in [7, 11) is 1.75. The Morgan fingerprint density at radius 3 is 2.27 bits per heavy atom. The van der Waals surface area contributed by atoms with Crippen molar-refractivity contribution in [2.75, 3.05) is 12.9 Å². The van der Waals surface area contributed by atoms with Crippen molar-refractivity contribution in [3.05, 3.63) is 89.9 Å². The zero-order chi connectivity index (χ0) is 21.4. The summed E-state index contributed by atoms with van der Waals surface area (Å²) in [5.41, 5.74) is 1.03. The molecular weight excluding hydrogens is 402 g/mol. The van der Waals surface area contributed by atoms with E-state index in [0.29, 0.717) is 18.0 Å². The zero-order valence-corrected chi connectivity index (χ0v) is 17.4. The van der Waals surface area contributed by atoms with Gasteiger partial charge < -0.3 is 5.11 Å². The van der Waals surface area contributed by atoms with Crippen LogP contribution in [0.2, 0.25) is 0 Å². The predicted octanol–water partition coefficient (Wildman–Crippen LogP) is 4.01. The Morgan fingerprint density at radius 1 is 1.17 bits per heavy atom. The number of halogens is 1. The number of nitrogens with zero attached hydrogens (tertiary/aromatic N) is 6. The largest absolute Gasteiger partial charge is 0.382 e. The Hall–Kier alpha value is -3.10. The van der Waals surface area contributed by atoms with Crippen LogP contribution in [0.25, 0.3) is 0 Å². The smallest absolute Gasteiger partial charge is 0.206 e. The lowest BCUT2D eigenvalue weighted by molar-refractivity contribution is -0.00665. The fourth-order valence-corrected chi connectivity index (χ4v) is 3.55. The van der Waals surface area contributed by atoms with Crippen molar-refractivity contribution < 1.29 is 5.11 Å². The molecule has 30 heavy (non-hydrogen) atoms. The van der Waals surface area contributed by atoms with E-state index in [9.17, 15) is 5.11 Å². The van der Waals surface area contributed by atoms with Gasteiger partial charge in [0.2, 0.25) is 5.82 Å². The summed E-state index contributed by atoms with van der Waals surface area (Å²) in [5, 5.41) is 35.9. The highest BCUT2D eigenvalue weighted by atomic mass is 35.5. The average Bonchev–Trinajstić information content (AvgIpc) is 3.33. The molecule has 0 aliphatic heterocycles. The first-order valence-electron chi connectivity index (χ1n) is 9.52. The first-order valence-corrected chi connectivity index (χ1v) is 10.1. The Labute approximate surface area is 180 Å². The monoisotopic (exact) mass is 425 g/mol. The topological polar surface area (TPSA) is 103 Å². The minimum Gasteiger partial charge on any atom is -0.382 e. The second-order valence-electron chi connectivity index (χ2n) is 6.74. The molecule has 1 unspecified atom stereocenters. The number of hydrogen-bond donors (Lipinski definition) is 2. The normalized spacial score (nSPS) is 12.8. The standard InChI is InChI=1S/C21H24ClN7O/c1-16(10-9-15-22)23-28-29(2)21(17-11-5-3-6-12-17,18-13-7-4-8-14-18)19(30)20-24-26-27-25-20/h3-8,11-14,19,30H,1,9-10,15H2,2H3,(H,24,25,26,27). The highest BCUT2D eigenvalue weighted by Gasteiger charge is 2.48. The zero-order valence-electron chi connectivity index (χ0n) is 16.7. The van der Waals surface area contributed by atoms with Crippen molar-refractivity contribution >= 4 is 11.6 Å². The lowest BCUT2D eigenvalue weighted by Crippen LogP contribution is -2.47. The summed E-state index contributed by atoms with van der Waals surface area (Å²) in [4.78, 5) is 0. The van der Waals surface area contributed by atoms with E-state index in [1.54, 1.807) is 12.1 Å². The van der Waals surface area contributed by atoms with E-state index in [0.717, 1.165) is 17.5 Å². The number of tetrazole rings is 1. The maximum atomic E-state index is 11.5. The van der Waals surface area contributed by atoms with Gasteiger partial charge in [-0.3, -0.25) is 5.01 Å². The first kappa shape index (κ1) is 21.6. The van der Waals surface area contributed by atoms with Crippen LogP contribution in [0.4, 0.5) is 0 Å². The number of aromatic amines is 1. The van der Waals surface area contributed by atoms with Crippen LogP contribution in [-0.4, -0.2) is 43.7 Å². The fraction of sp³-hybridized carbons (Fsp3) is 0.286. The maximum Gasteiger partial charge on any atom is 0.206 e. The van der Waals surface area contributed by atoms with Crippen LogP contribution in [0.1, 0.15) is 35.9 Å². The second kappa shape index (κ2) is 10.1. The van der Waals surface area contributed by atoms with Crippen molar-refractivity contribution in [3.63, 3.8) is 0 Å². The Balaban J connectivity index is 2.15. The van der Waals surface area contributed by atoms with Gasteiger partial charge in [0.25, 0.3) is 0 Å². The summed E-state index contributed by atoms with van der Waals surface area (Å²) >= 11 is 5.76. The predicted molar refractivity (Wildman–Crippen MR) is 115 cm³/mol. The molecule has 8 nitrogen and oxygen atoms in total. The average molecular weight is 426 g/mol. The number of rotatable bonds is 10. The van der Waals surface area contributed by atoms with Gasteiger partial charge in [-0.15, -0.1) is 26.9 Å². The minimum absolute atomic E-state index is 0.144. The number of aromatic nitrogens is 4. The number of alkyl halides is 1. The van der Waals surface area contributed by atoms with E-state index in [-0.39, 0.29) is 5.82 Å². The molecule has 3 rings (SSSR count). The minimum atomic E-state index is -1.19. The van der Waals surface area contributed by atoms with Crippen LogP contribution in [0.5, 0.6) is 0 Å². The SMILES string of the molecule is C=C(CCCCl)N=NN(C)C(c1ccccc1)(c1ccccc1)C(O)c1nn[nH]n1. The molecule has 2 aromatic carbocycles. The third-order valence-electron chi connectivity index (χ3n) is 4.86. The van der Waals surface area contributed by atoms with E-state index in [1.165, 1.54) is 0 Å². The summed E-state index contributed by atoms with van der Waals surface area (Å²) < 4.78 is 0. The molecule has 0 amide bonds. The molecule has 0 spiro atoms. The van der Waals surface area contributed by atoms with Gasteiger partial charge in [0, 0.05) is 12.9 Å². The molecule has 1 heterocycles. The van der Waals surface area contributed by atoms with Gasteiger partial charge in [-0.05, 0) is 24.0 Å². The number of aliphatic hydroxyl groups is 1. The molecule has 1 atom stereocenters. The third-order valence-corrected chi connectivity index (χ3v) is 5.13. The quantitative estimate of drug-likeness (QED) is 0.290. The maximum absolute atomic E-state index is 11.5. The Kier molecular flexibility index (Phi) is 7.26. The van der Waals surface area contributed by atoms with Crippen molar-refractivity contribution in [1.82, 2.24) is 25.6 Å². The Morgan fingerprint density at radius 2 is 1.77 bits per heavy atom. The van der Waals surface area contributed by atoms with E-state index in [2.05, 4.69) is 37.5 Å². The summed E-state index contributed by atoms with van der Waals surface area (Å²) in [5.74, 6) is 0.671. The van der Waals surface area contributed by atoms with Crippen molar-refractivity contribution in [2.45, 2.75) is 24.5 Å². The highest BCUT2D eigenvalue weighted by Crippen LogP contribution is 2.44. The van der Waals surface area contributed by atoms with Gasteiger partial charge in [0.15, 0.2) is 6.10 Å². The van der Waals surface area contributed by atoms with Crippen LogP contribution < -0.4 is 0 Å². The fourth-order valence-electron chi connectivity index (χ4n) is 3.41. The molecule has 0 saturated carbocycles. The molecular formula is C21H24ClN7O. The molecule has 0 aliphatic carbocycles. The molecule has 0 fully saturated rings. The lowest BCUT2D eigenvalue weighted by atomic mass is 9.77. The molecule has 0 radical (unpaired) electrons. The number of H-pyrrole nitrogens is 1. The van der Waals surface area contributed by atoms with Gasteiger partial charge in [-0.2, -0.15) is 5.21 Å².